The Labute approximate surface area is 137 Å². The van der Waals surface area contributed by atoms with Crippen molar-refractivity contribution in [3.63, 3.8) is 0 Å². The summed E-state index contributed by atoms with van der Waals surface area (Å²) in [5, 5.41) is 1.39. The number of rotatable bonds is 0. The van der Waals surface area contributed by atoms with Crippen LogP contribution in [0, 0.1) is 11.8 Å². The van der Waals surface area contributed by atoms with Crippen LogP contribution in [-0.4, -0.2) is 36.1 Å². The highest BCUT2D eigenvalue weighted by Crippen LogP contribution is 2.48. The lowest BCUT2D eigenvalue weighted by molar-refractivity contribution is -0.0833. The quantitative estimate of drug-likeness (QED) is 0.752. The van der Waals surface area contributed by atoms with E-state index in [9.17, 15) is 0 Å². The summed E-state index contributed by atoms with van der Waals surface area (Å²) in [4.78, 5) is 6.24. The number of hydrogen-bond donors (Lipinski definition) is 1. The molecule has 1 N–H and O–H groups in total. The minimum Gasteiger partial charge on any atom is -0.372 e. The van der Waals surface area contributed by atoms with Gasteiger partial charge in [0.05, 0.1) is 12.7 Å². The molecule has 3 aliphatic heterocycles. The van der Waals surface area contributed by atoms with Crippen molar-refractivity contribution >= 4 is 10.9 Å². The van der Waals surface area contributed by atoms with Gasteiger partial charge in [0, 0.05) is 35.1 Å². The summed E-state index contributed by atoms with van der Waals surface area (Å²) in [6.45, 7) is 4.22. The highest BCUT2D eigenvalue weighted by atomic mass is 16.5. The first-order valence-electron chi connectivity index (χ1n) is 8.82. The normalized spacial score (nSPS) is 35.3. The maximum atomic E-state index is 6.33. The fourth-order valence-corrected chi connectivity index (χ4v) is 5.21. The molecule has 23 heavy (non-hydrogen) atoms. The van der Waals surface area contributed by atoms with Crippen molar-refractivity contribution in [3.05, 3.63) is 47.2 Å². The molecule has 2 fully saturated rings. The molecule has 2 aromatic rings. The lowest BCUT2D eigenvalue weighted by Crippen LogP contribution is -2.54. The van der Waals surface area contributed by atoms with Crippen LogP contribution in [0.4, 0.5) is 0 Å². The summed E-state index contributed by atoms with van der Waals surface area (Å²) >= 11 is 0. The average molecular weight is 308 g/mol. The van der Waals surface area contributed by atoms with Crippen molar-refractivity contribution < 1.29 is 4.74 Å². The van der Waals surface area contributed by atoms with E-state index in [0.29, 0.717) is 17.9 Å². The molecule has 3 nitrogen and oxygen atoms in total. The number of nitrogens with one attached hydrogen (secondary N) is 1. The van der Waals surface area contributed by atoms with Crippen LogP contribution < -0.4 is 0 Å². The monoisotopic (exact) mass is 308 g/mol. The van der Waals surface area contributed by atoms with E-state index in [0.717, 1.165) is 26.0 Å². The number of fused-ring (bicyclic) bond motifs is 2. The molecule has 3 heteroatoms. The fourth-order valence-electron chi connectivity index (χ4n) is 5.21. The molecule has 120 valence electrons. The molecule has 0 unspecified atom stereocenters. The maximum Gasteiger partial charge on any atom is 0.0981 e. The molecule has 2 saturated heterocycles. The molecule has 4 atom stereocenters. The molecule has 4 heterocycles. The van der Waals surface area contributed by atoms with Crippen molar-refractivity contribution in [1.82, 2.24) is 9.88 Å². The largest absolute Gasteiger partial charge is 0.372 e. The second-order valence-electron chi connectivity index (χ2n) is 7.44. The summed E-state index contributed by atoms with van der Waals surface area (Å²) in [5.41, 5.74) is 5.70. The number of allylic oxidation sites excluding steroid dienone is 1. The van der Waals surface area contributed by atoms with Crippen LogP contribution in [0.5, 0.6) is 0 Å². The third-order valence-corrected chi connectivity index (χ3v) is 6.40. The predicted molar refractivity (Wildman–Crippen MR) is 92.5 cm³/mol. The molecular weight excluding hydrogens is 284 g/mol. The Kier molecular flexibility index (Phi) is 2.98. The van der Waals surface area contributed by atoms with E-state index in [4.69, 9.17) is 4.74 Å². The van der Waals surface area contributed by atoms with Gasteiger partial charge in [-0.2, -0.15) is 0 Å². The van der Waals surface area contributed by atoms with Gasteiger partial charge in [-0.25, -0.2) is 0 Å². The number of ether oxygens (including phenoxy) is 1. The van der Waals surface area contributed by atoms with E-state index in [2.05, 4.69) is 54.2 Å². The number of likely N-dealkylation sites (N-methyl/N-ethyl adjacent to an activating group) is 1. The summed E-state index contributed by atoms with van der Waals surface area (Å²) in [5.74, 6) is 1.33. The van der Waals surface area contributed by atoms with Crippen molar-refractivity contribution in [3.8, 4) is 0 Å². The summed E-state index contributed by atoms with van der Waals surface area (Å²) in [7, 11) is 2.28. The number of H-pyrrole nitrogens is 1. The van der Waals surface area contributed by atoms with Crippen LogP contribution in [-0.2, 0) is 11.2 Å². The second-order valence-corrected chi connectivity index (χ2v) is 7.44. The molecule has 6 rings (SSSR count). The average Bonchev–Trinajstić information content (AvgIpc) is 2.92. The Bertz CT molecular complexity index is 790. The SMILES string of the molecule is CC=C1CN(C)[C@H]2Cc3c([nH]c4ccccc34)[C@H]3C[C@@H]1[C@@H]2CO3. The number of para-hydroxylation sites is 1. The maximum absolute atomic E-state index is 6.33. The van der Waals surface area contributed by atoms with Gasteiger partial charge in [-0.15, -0.1) is 0 Å². The number of piperidine rings is 1. The zero-order chi connectivity index (χ0) is 15.6. The van der Waals surface area contributed by atoms with Crippen LogP contribution in [0.25, 0.3) is 10.9 Å². The van der Waals surface area contributed by atoms with Gasteiger partial charge >= 0.3 is 0 Å². The van der Waals surface area contributed by atoms with Gasteiger partial charge < -0.3 is 9.72 Å². The molecular formula is C20H24N2O. The molecule has 0 radical (unpaired) electrons. The molecule has 1 aromatic carbocycles. The van der Waals surface area contributed by atoms with E-state index < -0.39 is 0 Å². The third kappa shape index (κ3) is 1.90. The predicted octanol–water partition coefficient (Wildman–Crippen LogP) is 3.68. The molecule has 1 aliphatic carbocycles. The Hall–Kier alpha value is -1.58. The highest BCUT2D eigenvalue weighted by Gasteiger charge is 2.46. The summed E-state index contributed by atoms with van der Waals surface area (Å²) in [6.07, 6.45) is 4.86. The summed E-state index contributed by atoms with van der Waals surface area (Å²) < 4.78 is 6.33. The first-order valence-corrected chi connectivity index (χ1v) is 8.82. The number of hydrogen-bond acceptors (Lipinski definition) is 2. The van der Waals surface area contributed by atoms with E-state index in [1.165, 1.54) is 22.2 Å². The van der Waals surface area contributed by atoms with Crippen LogP contribution in [0.3, 0.4) is 0 Å². The van der Waals surface area contributed by atoms with Crippen molar-refractivity contribution in [2.75, 3.05) is 20.2 Å². The van der Waals surface area contributed by atoms with Crippen molar-refractivity contribution in [2.45, 2.75) is 31.9 Å². The van der Waals surface area contributed by atoms with Crippen LogP contribution in [0.2, 0.25) is 0 Å². The van der Waals surface area contributed by atoms with Crippen LogP contribution >= 0.6 is 0 Å². The molecule has 0 amide bonds. The van der Waals surface area contributed by atoms with E-state index in [-0.39, 0.29) is 6.10 Å². The minimum atomic E-state index is 0.234. The topological polar surface area (TPSA) is 28.3 Å². The number of benzene rings is 1. The fraction of sp³-hybridized carbons (Fsp3) is 0.500. The van der Waals surface area contributed by atoms with Gasteiger partial charge in [0.2, 0.25) is 0 Å². The van der Waals surface area contributed by atoms with E-state index >= 15 is 0 Å². The Balaban J connectivity index is 1.71. The molecule has 0 spiro atoms. The zero-order valence-corrected chi connectivity index (χ0v) is 13.9. The van der Waals surface area contributed by atoms with Gasteiger partial charge in [0.1, 0.15) is 0 Å². The Morgan fingerprint density at radius 2 is 2.17 bits per heavy atom. The van der Waals surface area contributed by atoms with E-state index in [1.807, 2.05) is 0 Å². The molecule has 4 bridgehead atoms. The van der Waals surface area contributed by atoms with Crippen LogP contribution in [0.1, 0.15) is 30.7 Å². The first-order chi connectivity index (χ1) is 11.3. The minimum absolute atomic E-state index is 0.234. The number of likely N-dealkylation sites (tertiary alicyclic amines) is 1. The highest BCUT2D eigenvalue weighted by molar-refractivity contribution is 5.85. The smallest absolute Gasteiger partial charge is 0.0981 e. The lowest BCUT2D eigenvalue weighted by atomic mass is 9.69. The van der Waals surface area contributed by atoms with Gasteiger partial charge in [-0.05, 0) is 44.4 Å². The van der Waals surface area contributed by atoms with Gasteiger partial charge in [-0.1, -0.05) is 29.8 Å². The molecule has 1 aromatic heterocycles. The standard InChI is InChI=1S/C20H24N2O/c1-3-12-10-22(2)18-8-15-13-6-4-5-7-17(13)21-20(15)19-9-14(12)16(18)11-23-19/h3-7,14,16,18-19,21H,8-11H2,1-2H3/t14-,16-,18-,19+/m0/s1. The second kappa shape index (κ2) is 4.96. The van der Waals surface area contributed by atoms with Crippen molar-refractivity contribution in [2.24, 2.45) is 11.8 Å². The van der Waals surface area contributed by atoms with Crippen LogP contribution in [0.15, 0.2) is 35.9 Å². The van der Waals surface area contributed by atoms with Gasteiger partial charge in [0.25, 0.3) is 0 Å². The van der Waals surface area contributed by atoms with E-state index in [1.54, 1.807) is 5.57 Å². The Morgan fingerprint density at radius 3 is 3.04 bits per heavy atom. The lowest BCUT2D eigenvalue weighted by Gasteiger charge is -2.51. The zero-order valence-electron chi connectivity index (χ0n) is 13.9. The number of aromatic nitrogens is 1. The first kappa shape index (κ1) is 13.8. The Morgan fingerprint density at radius 1 is 1.30 bits per heavy atom. The number of aromatic amines is 1. The molecule has 4 aliphatic rings. The van der Waals surface area contributed by atoms with Crippen molar-refractivity contribution in [1.29, 1.82) is 0 Å². The summed E-state index contributed by atoms with van der Waals surface area (Å²) in [6, 6.07) is 9.31. The molecule has 0 saturated carbocycles. The van der Waals surface area contributed by atoms with Gasteiger partial charge in [0.15, 0.2) is 0 Å². The number of nitrogens with zero attached hydrogens (tertiary/aromatic N) is 1. The third-order valence-electron chi connectivity index (χ3n) is 6.40. The van der Waals surface area contributed by atoms with Gasteiger partial charge in [-0.3, -0.25) is 4.90 Å².